The molecular formula is C14H24N2O3. The van der Waals surface area contributed by atoms with E-state index in [1.165, 1.54) is 6.42 Å². The minimum absolute atomic E-state index is 0.0205. The lowest BCUT2D eigenvalue weighted by Crippen LogP contribution is -2.45. The molecule has 1 saturated heterocycles. The molecule has 2 fully saturated rings. The van der Waals surface area contributed by atoms with Crippen LogP contribution >= 0.6 is 0 Å². The van der Waals surface area contributed by atoms with Crippen molar-refractivity contribution in [1.82, 2.24) is 10.2 Å². The maximum atomic E-state index is 12.0. The molecule has 0 radical (unpaired) electrons. The van der Waals surface area contributed by atoms with E-state index in [4.69, 9.17) is 5.11 Å². The number of aliphatic carboxylic acids is 1. The second-order valence-corrected chi connectivity index (χ2v) is 5.98. The van der Waals surface area contributed by atoms with Crippen molar-refractivity contribution in [3.63, 3.8) is 0 Å². The third-order valence-electron chi connectivity index (χ3n) is 4.45. The second kappa shape index (κ2) is 6.26. The third kappa shape index (κ3) is 3.85. The number of amides is 2. The van der Waals surface area contributed by atoms with Crippen molar-refractivity contribution in [3.8, 4) is 0 Å². The molecule has 0 aromatic carbocycles. The van der Waals surface area contributed by atoms with Gasteiger partial charge in [-0.1, -0.05) is 19.3 Å². The Labute approximate surface area is 114 Å². The van der Waals surface area contributed by atoms with E-state index in [-0.39, 0.29) is 17.9 Å². The van der Waals surface area contributed by atoms with E-state index in [0.717, 1.165) is 51.6 Å². The number of carboxylic acids is 1. The number of carbonyl (C=O) groups excluding carboxylic acids is 1. The van der Waals surface area contributed by atoms with Gasteiger partial charge in [-0.3, -0.25) is 4.79 Å². The zero-order valence-electron chi connectivity index (χ0n) is 11.5. The molecule has 1 saturated carbocycles. The van der Waals surface area contributed by atoms with Gasteiger partial charge in [0.1, 0.15) is 0 Å². The molecule has 0 bridgehead atoms. The Morgan fingerprint density at radius 3 is 2.26 bits per heavy atom. The van der Waals surface area contributed by atoms with Crippen LogP contribution in [0.2, 0.25) is 0 Å². The Morgan fingerprint density at radius 2 is 1.68 bits per heavy atom. The molecule has 2 amide bonds. The zero-order chi connectivity index (χ0) is 13.7. The van der Waals surface area contributed by atoms with Gasteiger partial charge in [-0.25, -0.2) is 4.79 Å². The first-order valence-corrected chi connectivity index (χ1v) is 7.36. The van der Waals surface area contributed by atoms with E-state index in [1.54, 1.807) is 0 Å². The van der Waals surface area contributed by atoms with Gasteiger partial charge in [0.15, 0.2) is 0 Å². The average Bonchev–Trinajstić information content (AvgIpc) is 2.90. The molecule has 1 heterocycles. The molecule has 108 valence electrons. The molecule has 1 aliphatic carbocycles. The molecule has 2 N–H and O–H groups in total. The summed E-state index contributed by atoms with van der Waals surface area (Å²) in [5, 5.41) is 12.0. The van der Waals surface area contributed by atoms with Crippen LogP contribution in [0.5, 0.6) is 0 Å². The van der Waals surface area contributed by atoms with E-state index < -0.39 is 5.97 Å². The lowest BCUT2D eigenvalue weighted by Gasteiger charge is -2.36. The topological polar surface area (TPSA) is 69.6 Å². The Kier molecular flexibility index (Phi) is 4.66. The second-order valence-electron chi connectivity index (χ2n) is 5.98. The Hall–Kier alpha value is -1.26. The van der Waals surface area contributed by atoms with E-state index >= 15 is 0 Å². The van der Waals surface area contributed by atoms with Gasteiger partial charge in [-0.2, -0.15) is 0 Å². The van der Waals surface area contributed by atoms with Crippen LogP contribution in [0.3, 0.4) is 0 Å². The number of hydrogen-bond acceptors (Lipinski definition) is 2. The van der Waals surface area contributed by atoms with Gasteiger partial charge in [0.25, 0.3) is 0 Å². The number of urea groups is 1. The molecule has 2 rings (SSSR count). The lowest BCUT2D eigenvalue weighted by molar-refractivity contribution is -0.140. The highest BCUT2D eigenvalue weighted by molar-refractivity contribution is 5.74. The number of carboxylic acid groups (broad SMARTS) is 1. The fourth-order valence-electron chi connectivity index (χ4n) is 3.33. The first-order valence-electron chi connectivity index (χ1n) is 7.36. The first kappa shape index (κ1) is 14.2. The maximum Gasteiger partial charge on any atom is 0.317 e. The normalized spacial score (nSPS) is 22.2. The summed E-state index contributed by atoms with van der Waals surface area (Å²) in [6, 6.07) is -0.0205. The monoisotopic (exact) mass is 268 g/mol. The summed E-state index contributed by atoms with van der Waals surface area (Å²) in [4.78, 5) is 24.9. The lowest BCUT2D eigenvalue weighted by atomic mass is 9.72. The molecule has 2 aliphatic rings. The van der Waals surface area contributed by atoms with Crippen LogP contribution in [-0.4, -0.2) is 41.6 Å². The van der Waals surface area contributed by atoms with Gasteiger partial charge in [-0.15, -0.1) is 0 Å². The summed E-state index contributed by atoms with van der Waals surface area (Å²) < 4.78 is 0. The summed E-state index contributed by atoms with van der Waals surface area (Å²) in [7, 11) is 0. The Bertz CT molecular complexity index is 332. The molecular weight excluding hydrogens is 244 g/mol. The van der Waals surface area contributed by atoms with Crippen molar-refractivity contribution >= 4 is 12.0 Å². The highest BCUT2D eigenvalue weighted by Gasteiger charge is 2.35. The number of nitrogens with one attached hydrogen (secondary N) is 1. The van der Waals surface area contributed by atoms with Crippen molar-refractivity contribution in [2.24, 2.45) is 5.41 Å². The number of hydrogen-bond donors (Lipinski definition) is 2. The predicted octanol–water partition coefficient (Wildman–Crippen LogP) is 2.22. The highest BCUT2D eigenvalue weighted by atomic mass is 16.4. The Balaban J connectivity index is 1.88. The number of nitrogens with zero attached hydrogens (tertiary/aromatic N) is 1. The van der Waals surface area contributed by atoms with E-state index in [0.29, 0.717) is 6.54 Å². The third-order valence-corrected chi connectivity index (χ3v) is 4.45. The van der Waals surface area contributed by atoms with Crippen molar-refractivity contribution in [1.29, 1.82) is 0 Å². The smallest absolute Gasteiger partial charge is 0.317 e. The van der Waals surface area contributed by atoms with Crippen molar-refractivity contribution in [3.05, 3.63) is 0 Å². The minimum Gasteiger partial charge on any atom is -0.481 e. The maximum absolute atomic E-state index is 12.0. The summed E-state index contributed by atoms with van der Waals surface area (Å²) in [6.45, 7) is 2.17. The average molecular weight is 268 g/mol. The van der Waals surface area contributed by atoms with Gasteiger partial charge >= 0.3 is 12.0 Å². The van der Waals surface area contributed by atoms with E-state index in [2.05, 4.69) is 5.32 Å². The molecule has 5 nitrogen and oxygen atoms in total. The van der Waals surface area contributed by atoms with Crippen LogP contribution in [0.15, 0.2) is 0 Å². The van der Waals surface area contributed by atoms with Crippen molar-refractivity contribution < 1.29 is 14.7 Å². The van der Waals surface area contributed by atoms with Gasteiger partial charge in [-0.05, 0) is 31.1 Å². The number of likely N-dealkylation sites (tertiary alicyclic amines) is 1. The molecule has 19 heavy (non-hydrogen) atoms. The summed E-state index contributed by atoms with van der Waals surface area (Å²) in [5.74, 6) is -0.752. The molecule has 0 atom stereocenters. The molecule has 0 aromatic heterocycles. The summed E-state index contributed by atoms with van der Waals surface area (Å²) in [6.07, 6.45) is 7.50. The molecule has 0 spiro atoms. The Morgan fingerprint density at radius 1 is 1.05 bits per heavy atom. The molecule has 0 unspecified atom stereocenters. The largest absolute Gasteiger partial charge is 0.481 e. The molecule has 5 heteroatoms. The fourth-order valence-corrected chi connectivity index (χ4v) is 3.33. The minimum atomic E-state index is -0.752. The van der Waals surface area contributed by atoms with E-state index in [9.17, 15) is 9.59 Å². The summed E-state index contributed by atoms with van der Waals surface area (Å²) in [5.41, 5.74) is -0.223. The fraction of sp³-hybridized carbons (Fsp3) is 0.857. The zero-order valence-corrected chi connectivity index (χ0v) is 11.5. The number of carbonyl (C=O) groups is 2. The predicted molar refractivity (Wildman–Crippen MR) is 72.0 cm³/mol. The molecule has 0 aromatic rings. The van der Waals surface area contributed by atoms with Crippen molar-refractivity contribution in [2.75, 3.05) is 19.6 Å². The van der Waals surface area contributed by atoms with Crippen LogP contribution in [0.4, 0.5) is 4.79 Å². The van der Waals surface area contributed by atoms with Crippen LogP contribution in [0.1, 0.15) is 51.4 Å². The SMILES string of the molecule is O=C(O)CC1(CNC(=O)N2CCCC2)CCCCC1. The summed E-state index contributed by atoms with van der Waals surface area (Å²) >= 11 is 0. The highest BCUT2D eigenvalue weighted by Crippen LogP contribution is 2.38. The van der Waals surface area contributed by atoms with Gasteiger partial charge < -0.3 is 15.3 Å². The van der Waals surface area contributed by atoms with Crippen molar-refractivity contribution in [2.45, 2.75) is 51.4 Å². The van der Waals surface area contributed by atoms with Gasteiger partial charge in [0.05, 0.1) is 6.42 Å². The standard InChI is InChI=1S/C14H24N2O3/c17-12(18)10-14(6-2-1-3-7-14)11-15-13(19)16-8-4-5-9-16/h1-11H2,(H,15,19)(H,17,18). The van der Waals surface area contributed by atoms with Crippen LogP contribution in [0, 0.1) is 5.41 Å². The van der Waals surface area contributed by atoms with Gasteiger partial charge in [0.2, 0.25) is 0 Å². The van der Waals surface area contributed by atoms with E-state index in [1.807, 2.05) is 4.90 Å². The molecule has 1 aliphatic heterocycles. The first-order chi connectivity index (χ1) is 9.11. The van der Waals surface area contributed by atoms with Crippen LogP contribution in [0.25, 0.3) is 0 Å². The number of rotatable bonds is 4. The van der Waals surface area contributed by atoms with Gasteiger partial charge in [0, 0.05) is 19.6 Å². The quantitative estimate of drug-likeness (QED) is 0.821. The van der Waals surface area contributed by atoms with Crippen LogP contribution < -0.4 is 5.32 Å². The van der Waals surface area contributed by atoms with Crippen LogP contribution in [-0.2, 0) is 4.79 Å².